The van der Waals surface area contributed by atoms with Gasteiger partial charge in [0.05, 0.1) is 19.8 Å². The lowest BCUT2D eigenvalue weighted by molar-refractivity contribution is -0.161. The van der Waals surface area contributed by atoms with Crippen LogP contribution in [-0.2, 0) is 32.7 Å². The number of unbranched alkanes of at least 4 members (excludes halogenated alkanes) is 17. The normalized spacial score (nSPS) is 14.4. The molecule has 0 spiro atoms. The van der Waals surface area contributed by atoms with Crippen molar-refractivity contribution in [3.05, 3.63) is 36.5 Å². The number of carbonyl (C=O) groups is 2. The van der Waals surface area contributed by atoms with E-state index < -0.39 is 51.8 Å². The van der Waals surface area contributed by atoms with E-state index in [0.717, 1.165) is 64.2 Å². The number of ether oxygens (including phenoxy) is 2. The van der Waals surface area contributed by atoms with Crippen molar-refractivity contribution in [3.8, 4) is 0 Å². The third kappa shape index (κ3) is 36.3. The summed E-state index contributed by atoms with van der Waals surface area (Å²) in [6, 6.07) is 0. The molecule has 3 N–H and O–H groups in total. The van der Waals surface area contributed by atoms with Crippen LogP contribution in [0.3, 0.4) is 0 Å². The van der Waals surface area contributed by atoms with Crippen molar-refractivity contribution >= 4 is 19.8 Å². The summed E-state index contributed by atoms with van der Waals surface area (Å²) in [6.45, 7) is 2.30. The highest BCUT2D eigenvalue weighted by molar-refractivity contribution is 7.47. The molecule has 0 aromatic rings. The van der Waals surface area contributed by atoms with E-state index in [-0.39, 0.29) is 19.4 Å². The number of phosphoric ester groups is 1. The first-order valence-corrected chi connectivity index (χ1v) is 21.4. The minimum atomic E-state index is -4.62. The number of carbonyl (C=O) groups excluding carboxylic acids is 2. The molecule has 51 heavy (non-hydrogen) atoms. The fourth-order valence-electron chi connectivity index (χ4n) is 5.13. The monoisotopic (exact) mass is 744 g/mol. The number of allylic oxidation sites excluding steroid dienone is 6. The number of esters is 2. The molecule has 10 nitrogen and oxygen atoms in total. The molecule has 1 unspecified atom stereocenters. The van der Waals surface area contributed by atoms with Crippen molar-refractivity contribution in [2.24, 2.45) is 0 Å². The third-order valence-electron chi connectivity index (χ3n) is 8.27. The summed E-state index contributed by atoms with van der Waals surface area (Å²) in [7, 11) is -4.62. The van der Waals surface area contributed by atoms with E-state index in [1.165, 1.54) is 64.2 Å². The van der Waals surface area contributed by atoms with Crippen LogP contribution >= 0.6 is 7.82 Å². The molecule has 0 fully saturated rings. The number of phosphoric acid groups is 1. The summed E-state index contributed by atoms with van der Waals surface area (Å²) in [4.78, 5) is 34.8. The summed E-state index contributed by atoms with van der Waals surface area (Å²) in [5.74, 6) is -0.974. The first-order valence-electron chi connectivity index (χ1n) is 19.9. The number of aliphatic hydroxyl groups is 2. The molecule has 0 aliphatic rings. The smallest absolute Gasteiger partial charge is 0.462 e. The van der Waals surface area contributed by atoms with E-state index in [2.05, 4.69) is 54.8 Å². The molecule has 0 heterocycles. The molecule has 0 aromatic heterocycles. The molecule has 0 aliphatic heterocycles. The predicted octanol–water partition coefficient (Wildman–Crippen LogP) is 10.00. The lowest BCUT2D eigenvalue weighted by Crippen LogP contribution is -2.29. The quantitative estimate of drug-likeness (QED) is 0.0243. The second-order valence-corrected chi connectivity index (χ2v) is 14.8. The van der Waals surface area contributed by atoms with E-state index >= 15 is 0 Å². The minimum Gasteiger partial charge on any atom is -0.462 e. The molecular formula is C40H73O10P. The Morgan fingerprint density at radius 2 is 1.02 bits per heavy atom. The van der Waals surface area contributed by atoms with Crippen molar-refractivity contribution in [1.82, 2.24) is 0 Å². The Labute approximate surface area is 310 Å². The summed E-state index contributed by atoms with van der Waals surface area (Å²) in [6.07, 6.45) is 35.4. The van der Waals surface area contributed by atoms with Crippen molar-refractivity contribution in [3.63, 3.8) is 0 Å². The van der Waals surface area contributed by atoms with Crippen LogP contribution in [0.2, 0.25) is 0 Å². The van der Waals surface area contributed by atoms with Crippen LogP contribution in [0.25, 0.3) is 0 Å². The zero-order chi connectivity index (χ0) is 37.7. The van der Waals surface area contributed by atoms with Gasteiger partial charge in [-0.1, -0.05) is 121 Å². The van der Waals surface area contributed by atoms with Crippen molar-refractivity contribution in [2.75, 3.05) is 26.4 Å². The molecule has 0 amide bonds. The topological polar surface area (TPSA) is 149 Å². The van der Waals surface area contributed by atoms with Crippen LogP contribution in [0.1, 0.15) is 168 Å². The lowest BCUT2D eigenvalue weighted by Gasteiger charge is -2.20. The zero-order valence-corrected chi connectivity index (χ0v) is 33.0. The van der Waals surface area contributed by atoms with Gasteiger partial charge in [-0.05, 0) is 70.6 Å². The van der Waals surface area contributed by atoms with Gasteiger partial charge in [-0.25, -0.2) is 4.57 Å². The van der Waals surface area contributed by atoms with E-state index in [1.807, 2.05) is 0 Å². The molecule has 11 heteroatoms. The molecule has 0 saturated heterocycles. The Bertz CT molecular complexity index is 952. The fraction of sp³-hybridized carbons (Fsp3) is 0.800. The molecule has 0 aromatic carbocycles. The maximum atomic E-state index is 12.5. The van der Waals surface area contributed by atoms with E-state index in [0.29, 0.717) is 12.8 Å². The van der Waals surface area contributed by atoms with Gasteiger partial charge in [-0.3, -0.25) is 18.6 Å². The van der Waals surface area contributed by atoms with Gasteiger partial charge in [0, 0.05) is 12.8 Å². The molecule has 298 valence electrons. The van der Waals surface area contributed by atoms with Crippen molar-refractivity contribution in [1.29, 1.82) is 0 Å². The zero-order valence-electron chi connectivity index (χ0n) is 32.1. The SMILES string of the molecule is CCCCCC/C=C/CCCCCCCC(=O)OC[C@H](COP(=O)(O)OC[C@@H](O)CO)OC(=O)CCCC/C=C/C/C=C/CCCCCCCC. The summed E-state index contributed by atoms with van der Waals surface area (Å²) in [5.41, 5.74) is 0. The molecule has 0 radical (unpaired) electrons. The van der Waals surface area contributed by atoms with Crippen molar-refractivity contribution in [2.45, 2.75) is 180 Å². The largest absolute Gasteiger partial charge is 0.472 e. The van der Waals surface area contributed by atoms with Gasteiger partial charge in [-0.2, -0.15) is 0 Å². The Kier molecular flexibility index (Phi) is 35.2. The highest BCUT2D eigenvalue weighted by atomic mass is 31.2. The number of hydrogen-bond acceptors (Lipinski definition) is 9. The van der Waals surface area contributed by atoms with Gasteiger partial charge in [0.2, 0.25) is 0 Å². The van der Waals surface area contributed by atoms with Gasteiger partial charge in [-0.15, -0.1) is 0 Å². The molecule has 0 rings (SSSR count). The Hall–Kier alpha value is -1.81. The molecule has 3 atom stereocenters. The second-order valence-electron chi connectivity index (χ2n) is 13.3. The van der Waals surface area contributed by atoms with Gasteiger partial charge >= 0.3 is 19.8 Å². The van der Waals surface area contributed by atoms with Crippen LogP contribution in [0, 0.1) is 0 Å². The third-order valence-corrected chi connectivity index (χ3v) is 9.22. The first-order chi connectivity index (χ1) is 24.7. The lowest BCUT2D eigenvalue weighted by atomic mass is 10.1. The van der Waals surface area contributed by atoms with Crippen LogP contribution < -0.4 is 0 Å². The first kappa shape index (κ1) is 49.2. The summed E-state index contributed by atoms with van der Waals surface area (Å²) < 4.78 is 32.6. The number of aliphatic hydroxyl groups excluding tert-OH is 2. The van der Waals surface area contributed by atoms with Crippen LogP contribution in [0.4, 0.5) is 0 Å². The summed E-state index contributed by atoms with van der Waals surface area (Å²) >= 11 is 0. The standard InChI is InChI=1S/C40H73O10P/c1-3-5-7-9-11-13-15-17-18-20-22-24-26-28-30-32-40(44)50-38(36-49-51(45,46)48-34-37(42)33-41)35-47-39(43)31-29-27-25-23-21-19-16-14-12-10-8-6-4-2/h14,16-18,22,24,37-38,41-42H,3-13,15,19-21,23,25-36H2,1-2H3,(H,45,46)/b16-14+,18-17+,24-22+/t37-,38+/m0/s1. The van der Waals surface area contributed by atoms with Crippen molar-refractivity contribution < 1.29 is 47.8 Å². The Balaban J connectivity index is 4.42. The Morgan fingerprint density at radius 3 is 1.59 bits per heavy atom. The number of rotatable bonds is 37. The van der Waals surface area contributed by atoms with Crippen LogP contribution in [0.5, 0.6) is 0 Å². The minimum absolute atomic E-state index is 0.140. The average molecular weight is 745 g/mol. The van der Waals surface area contributed by atoms with Gasteiger partial charge in [0.1, 0.15) is 12.7 Å². The molecule has 0 saturated carbocycles. The molecule has 0 bridgehead atoms. The molecular weight excluding hydrogens is 671 g/mol. The van der Waals surface area contributed by atoms with Crippen LogP contribution in [-0.4, -0.2) is 65.7 Å². The van der Waals surface area contributed by atoms with E-state index in [9.17, 15) is 24.2 Å². The maximum absolute atomic E-state index is 12.5. The second kappa shape index (κ2) is 36.5. The van der Waals surface area contributed by atoms with E-state index in [4.69, 9.17) is 19.1 Å². The fourth-order valence-corrected chi connectivity index (χ4v) is 5.92. The van der Waals surface area contributed by atoms with Crippen LogP contribution in [0.15, 0.2) is 36.5 Å². The Morgan fingerprint density at radius 1 is 0.588 bits per heavy atom. The average Bonchev–Trinajstić information content (AvgIpc) is 3.12. The van der Waals surface area contributed by atoms with Gasteiger partial charge in [0.15, 0.2) is 6.10 Å². The van der Waals surface area contributed by atoms with E-state index in [1.54, 1.807) is 0 Å². The highest BCUT2D eigenvalue weighted by Crippen LogP contribution is 2.43. The maximum Gasteiger partial charge on any atom is 0.472 e. The predicted molar refractivity (Wildman–Crippen MR) is 205 cm³/mol. The molecule has 0 aliphatic carbocycles. The highest BCUT2D eigenvalue weighted by Gasteiger charge is 2.27. The summed E-state index contributed by atoms with van der Waals surface area (Å²) in [5, 5.41) is 18.3. The number of hydrogen-bond donors (Lipinski definition) is 3. The van der Waals surface area contributed by atoms with Gasteiger partial charge in [0.25, 0.3) is 0 Å². The van der Waals surface area contributed by atoms with Gasteiger partial charge < -0.3 is 24.6 Å².